The van der Waals surface area contributed by atoms with Crippen molar-refractivity contribution in [2.75, 3.05) is 39.0 Å². The van der Waals surface area contributed by atoms with E-state index in [1.54, 1.807) is 17.0 Å². The van der Waals surface area contributed by atoms with Crippen molar-refractivity contribution in [2.45, 2.75) is 43.5 Å². The van der Waals surface area contributed by atoms with Gasteiger partial charge in [0.1, 0.15) is 0 Å². The molecule has 0 bridgehead atoms. The summed E-state index contributed by atoms with van der Waals surface area (Å²) in [6, 6.07) is 7.08. The van der Waals surface area contributed by atoms with Gasteiger partial charge in [-0.25, -0.2) is 17.2 Å². The molecule has 0 unspecified atom stereocenters. The van der Waals surface area contributed by atoms with Crippen LogP contribution in [-0.2, 0) is 16.3 Å². The molecule has 6 nitrogen and oxygen atoms in total. The summed E-state index contributed by atoms with van der Waals surface area (Å²) in [7, 11) is -3.18. The molecule has 1 aromatic carbocycles. The lowest BCUT2D eigenvalue weighted by atomic mass is 10.1. The van der Waals surface area contributed by atoms with Gasteiger partial charge in [0.05, 0.1) is 11.4 Å². The first-order chi connectivity index (χ1) is 13.3. The molecule has 10 heteroatoms. The van der Waals surface area contributed by atoms with Crippen LogP contribution in [0.1, 0.15) is 25.3 Å². The van der Waals surface area contributed by atoms with Crippen LogP contribution in [-0.4, -0.2) is 70.7 Å². The average Bonchev–Trinajstić information content (AvgIpc) is 2.63. The molecule has 1 aromatic rings. The van der Waals surface area contributed by atoms with Crippen molar-refractivity contribution in [3.8, 4) is 0 Å². The zero-order valence-corrected chi connectivity index (χ0v) is 20.1. The lowest BCUT2D eigenvalue weighted by molar-refractivity contribution is 0.0744. The van der Waals surface area contributed by atoms with E-state index in [-0.39, 0.29) is 36.6 Å². The molecule has 2 N–H and O–H groups in total. The third kappa shape index (κ3) is 9.56. The molecule has 2 rings (SSSR count). The monoisotopic (exact) mass is 544 g/mol. The van der Waals surface area contributed by atoms with Crippen LogP contribution in [0, 0.1) is 0 Å². The van der Waals surface area contributed by atoms with E-state index in [1.807, 2.05) is 19.1 Å². The molecule has 0 aliphatic carbocycles. The molecule has 0 radical (unpaired) electrons. The second-order valence-electron chi connectivity index (χ2n) is 7.04. The molecule has 1 saturated heterocycles. The standard InChI is InChI=1S/C19H30F2N4O2S.HI/c1-3-22-19(24-16-9-12-25(13-10-16)14-18(20)21)23-11-8-15-4-6-17(7-5-15)28(2,26)27;/h4-7,16,18H,3,8-14H2,1-2H3,(H2,22,23,24);1H. The first-order valence-electron chi connectivity index (χ1n) is 9.62. The Kier molecular flexibility index (Phi) is 11.3. The summed E-state index contributed by atoms with van der Waals surface area (Å²) in [5.74, 6) is 0.725. The van der Waals surface area contributed by atoms with Crippen LogP contribution >= 0.6 is 24.0 Å². The number of halogens is 3. The van der Waals surface area contributed by atoms with E-state index in [0.29, 0.717) is 31.0 Å². The molecule has 0 saturated carbocycles. The van der Waals surface area contributed by atoms with Crippen LogP contribution in [0.3, 0.4) is 0 Å². The second-order valence-corrected chi connectivity index (χ2v) is 9.05. The highest BCUT2D eigenvalue weighted by atomic mass is 127. The highest BCUT2D eigenvalue weighted by Crippen LogP contribution is 2.12. The smallest absolute Gasteiger partial charge is 0.251 e. The molecular weight excluding hydrogens is 513 g/mol. The zero-order valence-electron chi connectivity index (χ0n) is 16.9. The predicted octanol–water partition coefficient (Wildman–Crippen LogP) is 2.54. The number of piperidine rings is 1. The van der Waals surface area contributed by atoms with E-state index in [2.05, 4.69) is 15.6 Å². The molecule has 166 valence electrons. The van der Waals surface area contributed by atoms with Crippen molar-refractivity contribution in [1.29, 1.82) is 0 Å². The summed E-state index contributed by atoms with van der Waals surface area (Å²) >= 11 is 0. The van der Waals surface area contributed by atoms with Gasteiger partial charge in [-0.1, -0.05) is 12.1 Å². The lowest BCUT2D eigenvalue weighted by Gasteiger charge is -2.32. The van der Waals surface area contributed by atoms with E-state index in [4.69, 9.17) is 0 Å². The van der Waals surface area contributed by atoms with E-state index < -0.39 is 16.3 Å². The Balaban J connectivity index is 0.00000420. The number of sulfone groups is 1. The molecule has 0 aromatic heterocycles. The van der Waals surface area contributed by atoms with Gasteiger partial charge in [-0.3, -0.25) is 9.89 Å². The number of benzene rings is 1. The first kappa shape index (κ1) is 26.0. The first-order valence-corrected chi connectivity index (χ1v) is 11.5. The zero-order chi connectivity index (χ0) is 20.6. The Labute approximate surface area is 189 Å². The molecule has 29 heavy (non-hydrogen) atoms. The van der Waals surface area contributed by atoms with Gasteiger partial charge in [-0.05, 0) is 43.9 Å². The predicted molar refractivity (Wildman–Crippen MR) is 123 cm³/mol. The quantitative estimate of drug-likeness (QED) is 0.299. The summed E-state index contributed by atoms with van der Waals surface area (Å²) in [6.45, 7) is 4.46. The summed E-state index contributed by atoms with van der Waals surface area (Å²) < 4.78 is 47.9. The van der Waals surface area contributed by atoms with Gasteiger partial charge in [-0.15, -0.1) is 24.0 Å². The van der Waals surface area contributed by atoms with Crippen LogP contribution in [0.25, 0.3) is 0 Å². The molecule has 1 fully saturated rings. The fourth-order valence-corrected chi connectivity index (χ4v) is 3.80. The van der Waals surface area contributed by atoms with E-state index in [9.17, 15) is 17.2 Å². The van der Waals surface area contributed by atoms with E-state index in [0.717, 1.165) is 30.9 Å². The Morgan fingerprint density at radius 2 is 1.86 bits per heavy atom. The van der Waals surface area contributed by atoms with Crippen molar-refractivity contribution in [2.24, 2.45) is 4.99 Å². The fraction of sp³-hybridized carbons (Fsp3) is 0.632. The number of alkyl halides is 2. The van der Waals surface area contributed by atoms with Gasteiger partial charge in [-0.2, -0.15) is 0 Å². The van der Waals surface area contributed by atoms with Crippen LogP contribution < -0.4 is 10.6 Å². The number of aliphatic imine (C=N–C) groups is 1. The van der Waals surface area contributed by atoms with E-state index >= 15 is 0 Å². The van der Waals surface area contributed by atoms with Crippen molar-refractivity contribution in [3.05, 3.63) is 29.8 Å². The maximum atomic E-state index is 12.5. The summed E-state index contributed by atoms with van der Waals surface area (Å²) in [6.07, 6.45) is 1.23. The van der Waals surface area contributed by atoms with Gasteiger partial charge < -0.3 is 10.6 Å². The van der Waals surface area contributed by atoms with Crippen molar-refractivity contribution < 1.29 is 17.2 Å². The molecule has 1 heterocycles. The minimum Gasteiger partial charge on any atom is -0.357 e. The second kappa shape index (κ2) is 12.6. The Morgan fingerprint density at radius 1 is 1.24 bits per heavy atom. The highest BCUT2D eigenvalue weighted by molar-refractivity contribution is 14.0. The highest BCUT2D eigenvalue weighted by Gasteiger charge is 2.21. The van der Waals surface area contributed by atoms with Gasteiger partial charge in [0.2, 0.25) is 0 Å². The number of hydrogen-bond acceptors (Lipinski definition) is 4. The minimum absolute atomic E-state index is 0. The molecule has 0 spiro atoms. The molecule has 1 aliphatic rings. The van der Waals surface area contributed by atoms with Gasteiger partial charge in [0.25, 0.3) is 6.43 Å². The molecule has 0 amide bonds. The number of likely N-dealkylation sites (tertiary alicyclic amines) is 1. The summed E-state index contributed by atoms with van der Waals surface area (Å²) in [4.78, 5) is 6.70. The number of guanidine groups is 1. The van der Waals surface area contributed by atoms with Gasteiger partial charge in [0.15, 0.2) is 15.8 Å². The summed E-state index contributed by atoms with van der Waals surface area (Å²) in [5, 5.41) is 6.61. The topological polar surface area (TPSA) is 73.8 Å². The SMILES string of the molecule is CCNC(=NCCc1ccc(S(C)(=O)=O)cc1)NC1CCN(CC(F)F)CC1.I. The maximum absolute atomic E-state index is 12.5. The fourth-order valence-electron chi connectivity index (χ4n) is 3.17. The van der Waals surface area contributed by atoms with Crippen molar-refractivity contribution in [3.63, 3.8) is 0 Å². The minimum atomic E-state index is -3.18. The van der Waals surface area contributed by atoms with Crippen molar-refractivity contribution >= 4 is 39.8 Å². The van der Waals surface area contributed by atoms with Crippen LogP contribution in [0.5, 0.6) is 0 Å². The van der Waals surface area contributed by atoms with E-state index in [1.165, 1.54) is 6.26 Å². The van der Waals surface area contributed by atoms with Gasteiger partial charge in [0, 0.05) is 38.5 Å². The Bertz CT molecular complexity index is 737. The third-order valence-corrected chi connectivity index (χ3v) is 5.82. The molecule has 0 atom stereocenters. The van der Waals surface area contributed by atoms with Crippen LogP contribution in [0.2, 0.25) is 0 Å². The maximum Gasteiger partial charge on any atom is 0.251 e. The van der Waals surface area contributed by atoms with Crippen LogP contribution in [0.15, 0.2) is 34.2 Å². The number of nitrogens with one attached hydrogen (secondary N) is 2. The normalized spacial score (nSPS) is 16.5. The average molecular weight is 544 g/mol. The Morgan fingerprint density at radius 3 is 2.38 bits per heavy atom. The summed E-state index contributed by atoms with van der Waals surface area (Å²) in [5.41, 5.74) is 1.02. The molecular formula is C19H31F2IN4O2S. The Hall–Kier alpha value is -1.01. The largest absolute Gasteiger partial charge is 0.357 e. The van der Waals surface area contributed by atoms with Crippen molar-refractivity contribution in [1.82, 2.24) is 15.5 Å². The third-order valence-electron chi connectivity index (χ3n) is 4.69. The number of nitrogens with zero attached hydrogens (tertiary/aromatic N) is 2. The van der Waals surface area contributed by atoms with Crippen LogP contribution in [0.4, 0.5) is 8.78 Å². The van der Waals surface area contributed by atoms with Gasteiger partial charge >= 0.3 is 0 Å². The number of hydrogen-bond donors (Lipinski definition) is 2. The number of rotatable bonds is 8. The lowest BCUT2D eigenvalue weighted by Crippen LogP contribution is -2.49. The molecule has 1 aliphatic heterocycles.